The molecule has 0 spiro atoms. The first-order valence-corrected chi connectivity index (χ1v) is 11.0. The molecular weight excluding hydrogens is 433 g/mol. The molecular formula is C24H29F3N4O2. The smallest absolute Gasteiger partial charge is 0.370 e. The Hall–Kier alpha value is -2.91. The summed E-state index contributed by atoms with van der Waals surface area (Å²) in [7, 11) is 0. The van der Waals surface area contributed by atoms with E-state index in [-0.39, 0.29) is 25.4 Å². The van der Waals surface area contributed by atoms with Crippen LogP contribution in [0.4, 0.5) is 18.9 Å². The van der Waals surface area contributed by atoms with Crippen LogP contribution in [0.3, 0.4) is 0 Å². The highest BCUT2D eigenvalue weighted by atomic mass is 19.4. The van der Waals surface area contributed by atoms with Gasteiger partial charge in [-0.25, -0.2) is 0 Å². The van der Waals surface area contributed by atoms with Gasteiger partial charge in [-0.05, 0) is 49.3 Å². The van der Waals surface area contributed by atoms with E-state index in [9.17, 15) is 22.8 Å². The maximum atomic E-state index is 13.0. The van der Waals surface area contributed by atoms with E-state index < -0.39 is 17.6 Å². The first-order valence-electron chi connectivity index (χ1n) is 11.0. The van der Waals surface area contributed by atoms with Gasteiger partial charge in [0.05, 0.1) is 12.1 Å². The molecule has 0 atom stereocenters. The number of halogens is 3. The lowest BCUT2D eigenvalue weighted by Crippen LogP contribution is -2.43. The fourth-order valence-corrected chi connectivity index (χ4v) is 3.90. The van der Waals surface area contributed by atoms with E-state index in [0.29, 0.717) is 19.6 Å². The van der Waals surface area contributed by atoms with E-state index in [1.54, 1.807) is 4.90 Å². The normalized spacial score (nSPS) is 15.7. The van der Waals surface area contributed by atoms with Gasteiger partial charge in [0.1, 0.15) is 0 Å². The lowest BCUT2D eigenvalue weighted by Gasteiger charge is -2.27. The molecule has 0 saturated carbocycles. The molecule has 2 aromatic carbocycles. The Labute approximate surface area is 191 Å². The maximum absolute atomic E-state index is 13.0. The van der Waals surface area contributed by atoms with Crippen molar-refractivity contribution in [3.8, 4) is 0 Å². The Morgan fingerprint density at radius 2 is 1.55 bits per heavy atom. The van der Waals surface area contributed by atoms with Crippen LogP contribution in [-0.2, 0) is 22.3 Å². The van der Waals surface area contributed by atoms with Crippen LogP contribution in [0.25, 0.3) is 0 Å². The van der Waals surface area contributed by atoms with Crippen LogP contribution in [0, 0.1) is 0 Å². The topological polar surface area (TPSA) is 69.9 Å². The zero-order valence-corrected chi connectivity index (χ0v) is 18.4. The average molecular weight is 463 g/mol. The standard InChI is InChI=1S/C24H29F3N4O2/c25-24(26,27)20-9-7-19(8-10-20)17-29-12-4-13-30(16-15-29)18-23(33)31(14-11-22(28)32)21-5-2-1-3-6-21/h1-3,5-10H,4,11-18H2,(H2,28,32). The van der Waals surface area contributed by atoms with Gasteiger partial charge < -0.3 is 10.6 Å². The molecule has 0 aromatic heterocycles. The predicted molar refractivity (Wildman–Crippen MR) is 120 cm³/mol. The summed E-state index contributed by atoms with van der Waals surface area (Å²) in [6, 6.07) is 14.5. The lowest BCUT2D eigenvalue weighted by atomic mass is 10.1. The molecule has 0 radical (unpaired) electrons. The van der Waals surface area contributed by atoms with Crippen molar-refractivity contribution in [3.63, 3.8) is 0 Å². The molecule has 1 fully saturated rings. The number of rotatable bonds is 8. The van der Waals surface area contributed by atoms with Gasteiger partial charge in [0, 0.05) is 38.3 Å². The molecule has 1 saturated heterocycles. The van der Waals surface area contributed by atoms with Gasteiger partial charge in [0.25, 0.3) is 0 Å². The number of hydrogen-bond acceptors (Lipinski definition) is 4. The van der Waals surface area contributed by atoms with Crippen LogP contribution in [0.1, 0.15) is 24.0 Å². The van der Waals surface area contributed by atoms with Gasteiger partial charge in [0.2, 0.25) is 11.8 Å². The van der Waals surface area contributed by atoms with Crippen molar-refractivity contribution in [2.24, 2.45) is 5.73 Å². The van der Waals surface area contributed by atoms with E-state index in [4.69, 9.17) is 5.73 Å². The molecule has 2 amide bonds. The zero-order valence-electron chi connectivity index (χ0n) is 18.4. The quantitative estimate of drug-likeness (QED) is 0.655. The van der Waals surface area contributed by atoms with E-state index >= 15 is 0 Å². The third kappa shape index (κ3) is 7.57. The number of primary amides is 1. The minimum absolute atomic E-state index is 0.0849. The second kappa shape index (κ2) is 11.3. The highest BCUT2D eigenvalue weighted by molar-refractivity contribution is 5.95. The summed E-state index contributed by atoms with van der Waals surface area (Å²) in [6.45, 7) is 3.94. The Bertz CT molecular complexity index is 920. The van der Waals surface area contributed by atoms with Gasteiger partial charge in [-0.1, -0.05) is 30.3 Å². The predicted octanol–water partition coefficient (Wildman–Crippen LogP) is 3.12. The Morgan fingerprint density at radius 3 is 2.18 bits per heavy atom. The average Bonchev–Trinajstić information content (AvgIpc) is 2.99. The molecule has 6 nitrogen and oxygen atoms in total. The third-order valence-corrected chi connectivity index (χ3v) is 5.68. The van der Waals surface area contributed by atoms with E-state index in [1.807, 2.05) is 30.3 Å². The van der Waals surface area contributed by atoms with E-state index in [2.05, 4.69) is 9.80 Å². The summed E-state index contributed by atoms with van der Waals surface area (Å²) in [5.41, 5.74) is 6.19. The summed E-state index contributed by atoms with van der Waals surface area (Å²) in [6.07, 6.45) is -3.40. The third-order valence-electron chi connectivity index (χ3n) is 5.68. The minimum atomic E-state index is -4.33. The van der Waals surface area contributed by atoms with Gasteiger partial charge in [-0.15, -0.1) is 0 Å². The monoisotopic (exact) mass is 462 g/mol. The molecule has 3 rings (SSSR count). The van der Waals surface area contributed by atoms with Crippen LogP contribution in [0.15, 0.2) is 54.6 Å². The minimum Gasteiger partial charge on any atom is -0.370 e. The number of alkyl halides is 3. The molecule has 0 aliphatic carbocycles. The van der Waals surface area contributed by atoms with Crippen molar-refractivity contribution in [1.29, 1.82) is 0 Å². The molecule has 1 aliphatic heterocycles. The van der Waals surface area contributed by atoms with Crippen LogP contribution >= 0.6 is 0 Å². The largest absolute Gasteiger partial charge is 0.416 e. The molecule has 9 heteroatoms. The molecule has 1 aliphatic rings. The molecule has 2 aromatic rings. The van der Waals surface area contributed by atoms with Crippen LogP contribution in [0.2, 0.25) is 0 Å². The number of carbonyl (C=O) groups is 2. The first-order chi connectivity index (χ1) is 15.7. The Kier molecular flexibility index (Phi) is 8.46. The van der Waals surface area contributed by atoms with Crippen molar-refractivity contribution < 1.29 is 22.8 Å². The van der Waals surface area contributed by atoms with Gasteiger partial charge in [-0.3, -0.25) is 19.4 Å². The molecule has 0 unspecified atom stereocenters. The van der Waals surface area contributed by atoms with Gasteiger partial charge >= 0.3 is 6.18 Å². The number of benzene rings is 2. The highest BCUT2D eigenvalue weighted by Crippen LogP contribution is 2.29. The second-order valence-electron chi connectivity index (χ2n) is 8.20. The van der Waals surface area contributed by atoms with Gasteiger partial charge in [-0.2, -0.15) is 13.2 Å². The summed E-state index contributed by atoms with van der Waals surface area (Å²) in [5, 5.41) is 0. The molecule has 1 heterocycles. The molecule has 33 heavy (non-hydrogen) atoms. The number of hydrogen-bond donors (Lipinski definition) is 1. The fourth-order valence-electron chi connectivity index (χ4n) is 3.90. The number of para-hydroxylation sites is 1. The Balaban J connectivity index is 1.56. The van der Waals surface area contributed by atoms with Crippen molar-refractivity contribution in [3.05, 3.63) is 65.7 Å². The van der Waals surface area contributed by atoms with Crippen LogP contribution in [0.5, 0.6) is 0 Å². The summed E-state index contributed by atoms with van der Waals surface area (Å²) >= 11 is 0. The number of nitrogens with two attached hydrogens (primary N) is 1. The van der Waals surface area contributed by atoms with E-state index in [0.717, 1.165) is 42.9 Å². The molecule has 2 N–H and O–H groups in total. The molecule has 0 bridgehead atoms. The van der Waals surface area contributed by atoms with Crippen LogP contribution in [-0.4, -0.2) is 60.9 Å². The van der Waals surface area contributed by atoms with Crippen molar-refractivity contribution in [2.75, 3.05) is 44.2 Å². The summed E-state index contributed by atoms with van der Waals surface area (Å²) in [5.74, 6) is -0.559. The van der Waals surface area contributed by atoms with Crippen molar-refractivity contribution >= 4 is 17.5 Å². The second-order valence-corrected chi connectivity index (χ2v) is 8.20. The SMILES string of the molecule is NC(=O)CCN(C(=O)CN1CCCN(Cc2ccc(C(F)(F)F)cc2)CC1)c1ccccc1. The highest BCUT2D eigenvalue weighted by Gasteiger charge is 2.30. The molecule has 178 valence electrons. The number of anilines is 1. The number of carbonyl (C=O) groups excluding carboxylic acids is 2. The number of amides is 2. The fraction of sp³-hybridized carbons (Fsp3) is 0.417. The maximum Gasteiger partial charge on any atom is 0.416 e. The van der Waals surface area contributed by atoms with Crippen molar-refractivity contribution in [2.45, 2.75) is 25.6 Å². The number of nitrogens with zero attached hydrogens (tertiary/aromatic N) is 3. The Morgan fingerprint density at radius 1 is 0.909 bits per heavy atom. The summed E-state index contributed by atoms with van der Waals surface area (Å²) < 4.78 is 38.3. The van der Waals surface area contributed by atoms with Gasteiger partial charge in [0.15, 0.2) is 0 Å². The zero-order chi connectivity index (χ0) is 23.8. The summed E-state index contributed by atoms with van der Waals surface area (Å²) in [4.78, 5) is 30.2. The first kappa shape index (κ1) is 24.7. The van der Waals surface area contributed by atoms with Crippen LogP contribution < -0.4 is 10.6 Å². The van der Waals surface area contributed by atoms with Crippen molar-refractivity contribution in [1.82, 2.24) is 9.80 Å². The lowest BCUT2D eigenvalue weighted by molar-refractivity contribution is -0.137. The van der Waals surface area contributed by atoms with E-state index in [1.165, 1.54) is 12.1 Å².